The van der Waals surface area contributed by atoms with E-state index in [1.807, 2.05) is 24.3 Å². The van der Waals surface area contributed by atoms with Crippen LogP contribution in [0.5, 0.6) is 0 Å². The molecule has 0 saturated carbocycles. The summed E-state index contributed by atoms with van der Waals surface area (Å²) in [5.41, 5.74) is 2.02. The topological polar surface area (TPSA) is 49.4 Å². The molecule has 0 spiro atoms. The van der Waals surface area contributed by atoms with Crippen molar-refractivity contribution < 1.29 is 14.0 Å². The van der Waals surface area contributed by atoms with Gasteiger partial charge in [0.15, 0.2) is 0 Å². The Bertz CT molecular complexity index is 789. The predicted molar refractivity (Wildman–Crippen MR) is 99.5 cm³/mol. The van der Waals surface area contributed by atoms with Crippen LogP contribution in [0.2, 0.25) is 0 Å². The third kappa shape index (κ3) is 4.10. The van der Waals surface area contributed by atoms with E-state index < -0.39 is 5.82 Å². The molecule has 0 aliphatic carbocycles. The van der Waals surface area contributed by atoms with Crippen LogP contribution in [0.25, 0.3) is 0 Å². The fourth-order valence-corrected chi connectivity index (χ4v) is 3.25. The predicted octanol–water partition coefficient (Wildman–Crippen LogP) is 3.88. The van der Waals surface area contributed by atoms with Gasteiger partial charge in [0, 0.05) is 18.8 Å². The average Bonchev–Trinajstić information content (AvgIpc) is 2.68. The lowest BCUT2D eigenvalue weighted by molar-refractivity contribution is -0.121. The molecule has 1 atom stereocenters. The minimum Gasteiger partial charge on any atom is -0.338 e. The number of carbonyl (C=O) groups excluding carboxylic acids is 2. The van der Waals surface area contributed by atoms with Gasteiger partial charge in [-0.15, -0.1) is 0 Å². The maximum atomic E-state index is 13.9. The molecular weight excluding hydrogens is 331 g/mol. The molecule has 1 heterocycles. The molecule has 0 radical (unpaired) electrons. The number of hydrogen-bond acceptors (Lipinski definition) is 2. The van der Waals surface area contributed by atoms with Gasteiger partial charge in [-0.25, -0.2) is 4.39 Å². The lowest BCUT2D eigenvalue weighted by Gasteiger charge is -2.32. The Morgan fingerprint density at radius 3 is 2.58 bits per heavy atom. The highest BCUT2D eigenvalue weighted by Gasteiger charge is 2.29. The molecule has 0 unspecified atom stereocenters. The highest BCUT2D eigenvalue weighted by atomic mass is 19.1. The smallest absolute Gasteiger partial charge is 0.256 e. The molecule has 4 nitrogen and oxygen atoms in total. The molecule has 2 aromatic rings. The number of amides is 2. The van der Waals surface area contributed by atoms with E-state index in [-0.39, 0.29) is 23.3 Å². The molecule has 2 aromatic carbocycles. The minimum atomic E-state index is -0.528. The zero-order valence-electron chi connectivity index (χ0n) is 14.9. The summed E-state index contributed by atoms with van der Waals surface area (Å²) in [7, 11) is 0. The molecular formula is C21H23FN2O2. The van der Waals surface area contributed by atoms with Crippen LogP contribution in [0.3, 0.4) is 0 Å². The number of nitrogens with one attached hydrogen (secondary N) is 1. The Morgan fingerprint density at radius 2 is 1.88 bits per heavy atom. The SMILES string of the molecule is CCc1ccc(NC(=O)[C@H]2CCCN(C(=O)c3ccccc3F)C2)cc1. The third-order valence-electron chi connectivity index (χ3n) is 4.81. The van der Waals surface area contributed by atoms with Crippen molar-refractivity contribution in [2.45, 2.75) is 26.2 Å². The van der Waals surface area contributed by atoms with Crippen LogP contribution in [0.1, 0.15) is 35.7 Å². The largest absolute Gasteiger partial charge is 0.338 e. The van der Waals surface area contributed by atoms with Crippen molar-refractivity contribution >= 4 is 17.5 Å². The second-order valence-corrected chi connectivity index (χ2v) is 6.61. The van der Waals surface area contributed by atoms with E-state index in [9.17, 15) is 14.0 Å². The maximum absolute atomic E-state index is 13.9. The van der Waals surface area contributed by atoms with Crippen LogP contribution in [-0.2, 0) is 11.2 Å². The summed E-state index contributed by atoms with van der Waals surface area (Å²) in [5, 5.41) is 2.92. The number of rotatable bonds is 4. The first-order valence-electron chi connectivity index (χ1n) is 9.02. The number of nitrogens with zero attached hydrogens (tertiary/aromatic N) is 1. The first kappa shape index (κ1) is 18.1. The third-order valence-corrected chi connectivity index (χ3v) is 4.81. The van der Waals surface area contributed by atoms with Crippen molar-refractivity contribution in [3.63, 3.8) is 0 Å². The summed E-state index contributed by atoms with van der Waals surface area (Å²) in [6.45, 7) is 2.94. The zero-order valence-corrected chi connectivity index (χ0v) is 14.9. The van der Waals surface area contributed by atoms with Crippen molar-refractivity contribution in [3.05, 3.63) is 65.5 Å². The fraction of sp³-hybridized carbons (Fsp3) is 0.333. The van der Waals surface area contributed by atoms with Crippen LogP contribution in [0.4, 0.5) is 10.1 Å². The highest BCUT2D eigenvalue weighted by molar-refractivity contribution is 5.96. The van der Waals surface area contributed by atoms with Gasteiger partial charge in [0.2, 0.25) is 5.91 Å². The van der Waals surface area contributed by atoms with Crippen molar-refractivity contribution in [2.75, 3.05) is 18.4 Å². The maximum Gasteiger partial charge on any atom is 0.256 e. The van der Waals surface area contributed by atoms with Crippen LogP contribution < -0.4 is 5.32 Å². The van der Waals surface area contributed by atoms with E-state index in [0.717, 1.165) is 24.9 Å². The Balaban J connectivity index is 1.64. The Labute approximate surface area is 153 Å². The van der Waals surface area contributed by atoms with Crippen LogP contribution in [0.15, 0.2) is 48.5 Å². The number of piperidine rings is 1. The molecule has 136 valence electrons. The average molecular weight is 354 g/mol. The monoisotopic (exact) mass is 354 g/mol. The van der Waals surface area contributed by atoms with Crippen molar-refractivity contribution in [3.8, 4) is 0 Å². The molecule has 1 saturated heterocycles. The van der Waals surface area contributed by atoms with Gasteiger partial charge in [-0.05, 0) is 49.1 Å². The first-order valence-corrected chi connectivity index (χ1v) is 9.02. The lowest BCUT2D eigenvalue weighted by Crippen LogP contribution is -2.44. The molecule has 1 fully saturated rings. The van der Waals surface area contributed by atoms with Gasteiger partial charge < -0.3 is 10.2 Å². The van der Waals surface area contributed by atoms with E-state index in [1.54, 1.807) is 17.0 Å². The van der Waals surface area contributed by atoms with E-state index >= 15 is 0 Å². The van der Waals surface area contributed by atoms with E-state index in [4.69, 9.17) is 0 Å². The molecule has 5 heteroatoms. The number of anilines is 1. The van der Waals surface area contributed by atoms with Crippen LogP contribution in [-0.4, -0.2) is 29.8 Å². The van der Waals surface area contributed by atoms with E-state index in [2.05, 4.69) is 12.2 Å². The van der Waals surface area contributed by atoms with Gasteiger partial charge in [0.25, 0.3) is 5.91 Å². The van der Waals surface area contributed by atoms with Gasteiger partial charge in [0.05, 0.1) is 11.5 Å². The minimum absolute atomic E-state index is 0.0590. The Kier molecular flexibility index (Phi) is 5.66. The summed E-state index contributed by atoms with van der Waals surface area (Å²) in [6.07, 6.45) is 2.40. The number of carbonyl (C=O) groups is 2. The second-order valence-electron chi connectivity index (χ2n) is 6.61. The normalized spacial score (nSPS) is 17.0. The number of halogens is 1. The number of hydrogen-bond donors (Lipinski definition) is 1. The zero-order chi connectivity index (χ0) is 18.5. The molecule has 3 rings (SSSR count). The second kappa shape index (κ2) is 8.13. The fourth-order valence-electron chi connectivity index (χ4n) is 3.25. The van der Waals surface area contributed by atoms with E-state index in [0.29, 0.717) is 13.1 Å². The summed E-state index contributed by atoms with van der Waals surface area (Å²) >= 11 is 0. The number of aryl methyl sites for hydroxylation is 1. The Morgan fingerprint density at radius 1 is 1.15 bits per heavy atom. The number of benzene rings is 2. The molecule has 1 aliphatic rings. The van der Waals surface area contributed by atoms with Crippen molar-refractivity contribution in [2.24, 2.45) is 5.92 Å². The number of likely N-dealkylation sites (tertiary alicyclic amines) is 1. The highest BCUT2D eigenvalue weighted by Crippen LogP contribution is 2.21. The van der Waals surface area contributed by atoms with Gasteiger partial charge in [-0.3, -0.25) is 9.59 Å². The molecule has 1 N–H and O–H groups in total. The summed E-state index contributed by atoms with van der Waals surface area (Å²) in [6, 6.07) is 13.7. The van der Waals surface area contributed by atoms with E-state index in [1.165, 1.54) is 17.7 Å². The van der Waals surface area contributed by atoms with Crippen LogP contribution in [0, 0.1) is 11.7 Å². The van der Waals surface area contributed by atoms with Crippen molar-refractivity contribution in [1.82, 2.24) is 4.90 Å². The quantitative estimate of drug-likeness (QED) is 0.906. The summed E-state index contributed by atoms with van der Waals surface area (Å²) in [4.78, 5) is 26.7. The van der Waals surface area contributed by atoms with Gasteiger partial charge in [-0.2, -0.15) is 0 Å². The Hall–Kier alpha value is -2.69. The van der Waals surface area contributed by atoms with Crippen molar-refractivity contribution in [1.29, 1.82) is 0 Å². The van der Waals surface area contributed by atoms with Crippen LogP contribution >= 0.6 is 0 Å². The van der Waals surface area contributed by atoms with Gasteiger partial charge in [-0.1, -0.05) is 31.2 Å². The first-order chi connectivity index (χ1) is 12.6. The van der Waals surface area contributed by atoms with Gasteiger partial charge in [0.1, 0.15) is 5.82 Å². The standard InChI is InChI=1S/C21H23FN2O2/c1-2-15-9-11-17(12-10-15)23-20(25)16-6-5-13-24(14-16)21(26)18-7-3-4-8-19(18)22/h3-4,7-12,16H,2,5-6,13-14H2,1H3,(H,23,25)/t16-/m0/s1. The summed E-state index contributed by atoms with van der Waals surface area (Å²) < 4.78 is 13.9. The summed E-state index contributed by atoms with van der Waals surface area (Å²) in [5.74, 6) is -1.27. The molecule has 26 heavy (non-hydrogen) atoms. The molecule has 0 bridgehead atoms. The molecule has 2 amide bonds. The van der Waals surface area contributed by atoms with Gasteiger partial charge >= 0.3 is 0 Å². The molecule has 0 aromatic heterocycles. The lowest BCUT2D eigenvalue weighted by atomic mass is 9.96. The molecule has 1 aliphatic heterocycles.